The van der Waals surface area contributed by atoms with Gasteiger partial charge in [0.1, 0.15) is 5.54 Å². The van der Waals surface area contributed by atoms with Crippen LogP contribution in [0.25, 0.3) is 0 Å². The normalized spacial score (nSPS) is 18.6. The predicted octanol–water partition coefficient (Wildman–Crippen LogP) is 2.10. The molecule has 1 aliphatic rings. The van der Waals surface area contributed by atoms with Crippen molar-refractivity contribution in [3.63, 3.8) is 0 Å². The summed E-state index contributed by atoms with van der Waals surface area (Å²) < 4.78 is 5.17. The van der Waals surface area contributed by atoms with Crippen molar-refractivity contribution in [3.05, 3.63) is 0 Å². The van der Waals surface area contributed by atoms with Gasteiger partial charge in [-0.3, -0.25) is 4.79 Å². The molecule has 0 saturated heterocycles. The molecule has 1 rings (SSSR count). The molecule has 19 heavy (non-hydrogen) atoms. The third kappa shape index (κ3) is 5.19. The Balaban J connectivity index is 2.48. The fourth-order valence-corrected chi connectivity index (χ4v) is 2.53. The van der Waals surface area contributed by atoms with Crippen LogP contribution in [0.1, 0.15) is 58.3 Å². The molecule has 1 saturated carbocycles. The van der Waals surface area contributed by atoms with Gasteiger partial charge in [0.25, 0.3) is 0 Å². The van der Waals surface area contributed by atoms with E-state index in [1.165, 1.54) is 0 Å². The first-order valence-electron chi connectivity index (χ1n) is 7.23. The Morgan fingerprint density at radius 1 is 1.21 bits per heavy atom. The van der Waals surface area contributed by atoms with Crippen molar-refractivity contribution in [2.75, 3.05) is 13.2 Å². The molecule has 0 aromatic rings. The summed E-state index contributed by atoms with van der Waals surface area (Å²) in [7, 11) is 0. The maximum absolute atomic E-state index is 11.9. The van der Waals surface area contributed by atoms with Crippen molar-refractivity contribution in [1.29, 1.82) is 0 Å². The number of rotatable bonds is 7. The third-order valence-corrected chi connectivity index (χ3v) is 3.64. The van der Waals surface area contributed by atoms with E-state index in [-0.39, 0.29) is 5.91 Å². The Hall–Kier alpha value is -1.10. The number of amides is 1. The molecule has 1 amide bonds. The number of hydrogen-bond donors (Lipinski definition) is 2. The largest absolute Gasteiger partial charge is 0.480 e. The maximum atomic E-state index is 11.9. The first kappa shape index (κ1) is 16.0. The molecule has 0 atom stereocenters. The lowest BCUT2D eigenvalue weighted by Gasteiger charge is -2.29. The van der Waals surface area contributed by atoms with E-state index in [1.54, 1.807) is 0 Å². The van der Waals surface area contributed by atoms with E-state index in [1.807, 2.05) is 6.92 Å². The van der Waals surface area contributed by atoms with E-state index in [9.17, 15) is 14.7 Å². The van der Waals surface area contributed by atoms with Crippen molar-refractivity contribution in [1.82, 2.24) is 5.32 Å². The fraction of sp³-hybridized carbons (Fsp3) is 0.857. The van der Waals surface area contributed by atoms with Crippen molar-refractivity contribution < 1.29 is 19.4 Å². The second-order valence-electron chi connectivity index (χ2n) is 5.15. The van der Waals surface area contributed by atoms with Crippen molar-refractivity contribution >= 4 is 11.9 Å². The minimum Gasteiger partial charge on any atom is -0.480 e. The second kappa shape index (κ2) is 8.15. The van der Waals surface area contributed by atoms with Gasteiger partial charge in [-0.2, -0.15) is 0 Å². The zero-order valence-corrected chi connectivity index (χ0v) is 11.7. The highest BCUT2D eigenvalue weighted by Gasteiger charge is 2.39. The van der Waals surface area contributed by atoms with Gasteiger partial charge in [-0.25, -0.2) is 4.79 Å². The molecule has 110 valence electrons. The topological polar surface area (TPSA) is 75.6 Å². The summed E-state index contributed by atoms with van der Waals surface area (Å²) in [6.45, 7) is 3.09. The smallest absolute Gasteiger partial charge is 0.329 e. The highest BCUT2D eigenvalue weighted by atomic mass is 16.5. The molecular formula is C14H25NO4. The predicted molar refractivity (Wildman–Crippen MR) is 71.9 cm³/mol. The average molecular weight is 271 g/mol. The lowest BCUT2D eigenvalue weighted by Crippen LogP contribution is -2.54. The Morgan fingerprint density at radius 2 is 1.84 bits per heavy atom. The molecule has 0 spiro atoms. The van der Waals surface area contributed by atoms with Gasteiger partial charge in [0.05, 0.1) is 0 Å². The number of aliphatic carboxylic acids is 1. The lowest BCUT2D eigenvalue weighted by molar-refractivity contribution is -0.148. The summed E-state index contributed by atoms with van der Waals surface area (Å²) in [5.74, 6) is -1.07. The SMILES string of the molecule is CCOCCCC(=O)NC1(C(=O)O)CCCCCC1. The Labute approximate surface area is 114 Å². The van der Waals surface area contributed by atoms with Gasteiger partial charge < -0.3 is 15.2 Å². The molecule has 5 nitrogen and oxygen atoms in total. The van der Waals surface area contributed by atoms with Gasteiger partial charge >= 0.3 is 5.97 Å². The van der Waals surface area contributed by atoms with Crippen molar-refractivity contribution in [2.45, 2.75) is 63.8 Å². The van der Waals surface area contributed by atoms with E-state index in [0.29, 0.717) is 38.9 Å². The Morgan fingerprint density at radius 3 is 2.37 bits per heavy atom. The number of hydrogen-bond acceptors (Lipinski definition) is 3. The van der Waals surface area contributed by atoms with Crippen molar-refractivity contribution in [2.24, 2.45) is 0 Å². The minimum absolute atomic E-state index is 0.177. The van der Waals surface area contributed by atoms with Crippen LogP contribution in [0.3, 0.4) is 0 Å². The molecule has 0 radical (unpaired) electrons. The molecule has 1 aliphatic carbocycles. The third-order valence-electron chi connectivity index (χ3n) is 3.64. The summed E-state index contributed by atoms with van der Waals surface area (Å²) in [6, 6.07) is 0. The zero-order chi connectivity index (χ0) is 14.1. The number of carboxylic acid groups (broad SMARTS) is 1. The van der Waals surface area contributed by atoms with E-state index in [0.717, 1.165) is 25.7 Å². The van der Waals surface area contributed by atoms with E-state index in [4.69, 9.17) is 4.74 Å². The average Bonchev–Trinajstić information content (AvgIpc) is 2.61. The van der Waals surface area contributed by atoms with Gasteiger partial charge in [-0.1, -0.05) is 25.7 Å². The van der Waals surface area contributed by atoms with Gasteiger partial charge in [-0.15, -0.1) is 0 Å². The molecule has 5 heteroatoms. The van der Waals surface area contributed by atoms with Gasteiger partial charge in [-0.05, 0) is 26.2 Å². The highest BCUT2D eigenvalue weighted by molar-refractivity contribution is 5.87. The summed E-state index contributed by atoms with van der Waals surface area (Å²) in [5, 5.41) is 12.2. The quantitative estimate of drug-likeness (QED) is 0.549. The minimum atomic E-state index is -1.04. The molecule has 0 bridgehead atoms. The first-order chi connectivity index (χ1) is 9.10. The molecule has 0 aromatic carbocycles. The molecule has 1 fully saturated rings. The van der Waals surface area contributed by atoms with Crippen LogP contribution in [-0.2, 0) is 14.3 Å². The number of nitrogens with one attached hydrogen (secondary N) is 1. The van der Waals surface area contributed by atoms with E-state index >= 15 is 0 Å². The summed E-state index contributed by atoms with van der Waals surface area (Å²) in [4.78, 5) is 23.4. The fourth-order valence-electron chi connectivity index (χ4n) is 2.53. The number of carbonyl (C=O) groups excluding carboxylic acids is 1. The standard InChI is InChI=1S/C14H25NO4/c1-2-19-11-7-8-12(16)15-14(13(17)18)9-5-3-4-6-10-14/h2-11H2,1H3,(H,15,16)(H,17,18). The molecule has 0 aromatic heterocycles. The monoisotopic (exact) mass is 271 g/mol. The van der Waals surface area contributed by atoms with Crippen LogP contribution in [0.4, 0.5) is 0 Å². The second-order valence-corrected chi connectivity index (χ2v) is 5.15. The van der Waals surface area contributed by atoms with Crippen LogP contribution in [0.2, 0.25) is 0 Å². The van der Waals surface area contributed by atoms with Crippen LogP contribution in [-0.4, -0.2) is 35.7 Å². The highest BCUT2D eigenvalue weighted by Crippen LogP contribution is 2.27. The maximum Gasteiger partial charge on any atom is 0.329 e. The van der Waals surface area contributed by atoms with Crippen LogP contribution < -0.4 is 5.32 Å². The first-order valence-corrected chi connectivity index (χ1v) is 7.23. The van der Waals surface area contributed by atoms with E-state index < -0.39 is 11.5 Å². The molecule has 2 N–H and O–H groups in total. The van der Waals surface area contributed by atoms with Crippen molar-refractivity contribution in [3.8, 4) is 0 Å². The van der Waals surface area contributed by atoms with Crippen LogP contribution >= 0.6 is 0 Å². The zero-order valence-electron chi connectivity index (χ0n) is 11.7. The number of carboxylic acids is 1. The van der Waals surface area contributed by atoms with Gasteiger partial charge in [0, 0.05) is 19.6 Å². The lowest BCUT2D eigenvalue weighted by atomic mass is 9.90. The molecule has 0 heterocycles. The van der Waals surface area contributed by atoms with Crippen LogP contribution in [0.5, 0.6) is 0 Å². The summed E-state index contributed by atoms with van der Waals surface area (Å²) >= 11 is 0. The summed E-state index contributed by atoms with van der Waals surface area (Å²) in [5.41, 5.74) is -1.04. The van der Waals surface area contributed by atoms with Crippen LogP contribution in [0.15, 0.2) is 0 Å². The molecular weight excluding hydrogens is 246 g/mol. The van der Waals surface area contributed by atoms with Gasteiger partial charge in [0.15, 0.2) is 0 Å². The molecule has 0 unspecified atom stereocenters. The van der Waals surface area contributed by atoms with Crippen LogP contribution in [0, 0.1) is 0 Å². The number of carbonyl (C=O) groups is 2. The Bertz CT molecular complexity index is 296. The summed E-state index contributed by atoms with van der Waals surface area (Å²) in [6.07, 6.45) is 5.88. The van der Waals surface area contributed by atoms with Gasteiger partial charge in [0.2, 0.25) is 5.91 Å². The number of ether oxygens (including phenoxy) is 1. The Kier molecular flexibility index (Phi) is 6.84. The van der Waals surface area contributed by atoms with E-state index in [2.05, 4.69) is 5.32 Å². The molecule has 0 aliphatic heterocycles.